The van der Waals surface area contributed by atoms with E-state index in [0.717, 1.165) is 5.56 Å². The molecule has 0 spiro atoms. The van der Waals surface area contributed by atoms with E-state index in [9.17, 15) is 10.2 Å². The number of methoxy groups -OCH3 is 2. The van der Waals surface area contributed by atoms with Crippen LogP contribution < -0.4 is 14.2 Å². The van der Waals surface area contributed by atoms with Gasteiger partial charge in [-0.1, -0.05) is 30.3 Å². The van der Waals surface area contributed by atoms with Crippen LogP contribution in [0.3, 0.4) is 0 Å². The van der Waals surface area contributed by atoms with Crippen molar-refractivity contribution in [1.29, 1.82) is 0 Å². The van der Waals surface area contributed by atoms with E-state index in [-0.39, 0.29) is 12.4 Å². The van der Waals surface area contributed by atoms with E-state index in [2.05, 4.69) is 15.9 Å². The molecule has 0 heterocycles. The molecule has 0 aliphatic carbocycles. The van der Waals surface area contributed by atoms with E-state index < -0.39 is 0 Å². The van der Waals surface area contributed by atoms with Crippen LogP contribution in [0, 0.1) is 0 Å². The molecule has 0 unspecified atom stereocenters. The lowest BCUT2D eigenvalue weighted by molar-refractivity contribution is 0.280. The molecular formula is C20H19BrO5. The van der Waals surface area contributed by atoms with E-state index in [0.29, 0.717) is 44.7 Å². The fourth-order valence-corrected chi connectivity index (χ4v) is 3.28. The lowest BCUT2D eigenvalue weighted by Gasteiger charge is -2.18. The Bertz CT molecular complexity index is 925. The van der Waals surface area contributed by atoms with Crippen LogP contribution in [0.15, 0.2) is 46.9 Å². The number of rotatable bonds is 6. The molecule has 0 saturated carbocycles. The van der Waals surface area contributed by atoms with Crippen molar-refractivity contribution in [2.24, 2.45) is 0 Å². The molecule has 0 aliphatic heterocycles. The van der Waals surface area contributed by atoms with Gasteiger partial charge < -0.3 is 24.4 Å². The van der Waals surface area contributed by atoms with Crippen LogP contribution in [-0.2, 0) is 13.2 Å². The first-order valence-corrected chi connectivity index (χ1v) is 8.76. The van der Waals surface area contributed by atoms with Crippen molar-refractivity contribution in [1.82, 2.24) is 0 Å². The summed E-state index contributed by atoms with van der Waals surface area (Å²) in [6.45, 7) is 0.106. The van der Waals surface area contributed by atoms with Gasteiger partial charge in [0.2, 0.25) is 0 Å². The summed E-state index contributed by atoms with van der Waals surface area (Å²) in [5.74, 6) is 1.39. The maximum atomic E-state index is 10.7. The first-order chi connectivity index (χ1) is 12.6. The standard InChI is InChI=1S/C20H19BrO5/c1-24-16-9-15(26-11-12-6-4-3-5-7-12)17-14(20(16)25-2)8-13(10-22)18(21)19(17)23/h3-9,22-23H,10-11H2,1-2H3. The summed E-state index contributed by atoms with van der Waals surface area (Å²) < 4.78 is 17.3. The third kappa shape index (κ3) is 3.30. The third-order valence-electron chi connectivity index (χ3n) is 4.12. The second kappa shape index (κ2) is 7.85. The van der Waals surface area contributed by atoms with E-state index in [4.69, 9.17) is 14.2 Å². The highest BCUT2D eigenvalue weighted by Crippen LogP contribution is 2.48. The molecule has 2 N–H and O–H groups in total. The highest BCUT2D eigenvalue weighted by Gasteiger charge is 2.21. The van der Waals surface area contributed by atoms with Crippen LogP contribution in [0.4, 0.5) is 0 Å². The molecule has 3 aromatic rings. The van der Waals surface area contributed by atoms with Gasteiger partial charge in [0, 0.05) is 11.5 Å². The maximum absolute atomic E-state index is 10.7. The van der Waals surface area contributed by atoms with E-state index in [1.54, 1.807) is 12.1 Å². The molecule has 0 bridgehead atoms. The smallest absolute Gasteiger partial charge is 0.168 e. The SMILES string of the molecule is COc1cc(OCc2ccccc2)c2c(O)c(Br)c(CO)cc2c1OC. The van der Waals surface area contributed by atoms with Crippen LogP contribution >= 0.6 is 15.9 Å². The monoisotopic (exact) mass is 418 g/mol. The number of halogens is 1. The maximum Gasteiger partial charge on any atom is 0.168 e. The van der Waals surface area contributed by atoms with Crippen LogP contribution in [0.5, 0.6) is 23.0 Å². The number of fused-ring (bicyclic) bond motifs is 1. The molecule has 5 nitrogen and oxygen atoms in total. The number of aliphatic hydroxyl groups is 1. The Morgan fingerprint density at radius 3 is 2.35 bits per heavy atom. The number of phenols is 1. The van der Waals surface area contributed by atoms with Crippen molar-refractivity contribution >= 4 is 26.7 Å². The number of hydrogen-bond acceptors (Lipinski definition) is 5. The van der Waals surface area contributed by atoms with Gasteiger partial charge in [0.25, 0.3) is 0 Å². The predicted octanol–water partition coefficient (Wildman–Crippen LogP) is 4.40. The van der Waals surface area contributed by atoms with Crippen molar-refractivity contribution in [3.63, 3.8) is 0 Å². The van der Waals surface area contributed by atoms with Gasteiger partial charge in [-0.15, -0.1) is 0 Å². The van der Waals surface area contributed by atoms with Crippen molar-refractivity contribution in [3.05, 3.63) is 58.1 Å². The number of hydrogen-bond donors (Lipinski definition) is 2. The summed E-state index contributed by atoms with van der Waals surface area (Å²) in [6, 6.07) is 13.2. The fourth-order valence-electron chi connectivity index (χ4n) is 2.84. The van der Waals surface area contributed by atoms with Crippen LogP contribution in [0.1, 0.15) is 11.1 Å². The molecule has 0 saturated heterocycles. The van der Waals surface area contributed by atoms with Gasteiger partial charge in [0.05, 0.1) is 30.7 Å². The number of aromatic hydroxyl groups is 1. The van der Waals surface area contributed by atoms with Crippen molar-refractivity contribution < 1.29 is 24.4 Å². The molecule has 0 atom stereocenters. The highest BCUT2D eigenvalue weighted by atomic mass is 79.9. The van der Waals surface area contributed by atoms with E-state index in [1.807, 2.05) is 30.3 Å². The molecule has 0 aliphatic rings. The molecule has 6 heteroatoms. The van der Waals surface area contributed by atoms with Crippen molar-refractivity contribution in [2.75, 3.05) is 14.2 Å². The Morgan fingerprint density at radius 1 is 1.00 bits per heavy atom. The van der Waals surface area contributed by atoms with Gasteiger partial charge in [-0.05, 0) is 33.1 Å². The van der Waals surface area contributed by atoms with E-state index in [1.165, 1.54) is 14.2 Å². The first-order valence-electron chi connectivity index (χ1n) is 7.97. The normalized spacial score (nSPS) is 10.8. The Morgan fingerprint density at radius 2 is 1.73 bits per heavy atom. The predicted molar refractivity (Wildman–Crippen MR) is 103 cm³/mol. The Hall–Kier alpha value is -2.44. The summed E-state index contributed by atoms with van der Waals surface area (Å²) >= 11 is 3.34. The largest absolute Gasteiger partial charge is 0.506 e. The second-order valence-electron chi connectivity index (χ2n) is 5.66. The van der Waals surface area contributed by atoms with Crippen LogP contribution in [-0.4, -0.2) is 24.4 Å². The molecule has 0 aromatic heterocycles. The summed E-state index contributed by atoms with van der Waals surface area (Å²) in [6.07, 6.45) is 0. The lowest BCUT2D eigenvalue weighted by Crippen LogP contribution is -2.00. The molecule has 26 heavy (non-hydrogen) atoms. The summed E-state index contributed by atoms with van der Waals surface area (Å²) in [5, 5.41) is 21.4. The second-order valence-corrected chi connectivity index (χ2v) is 6.46. The van der Waals surface area contributed by atoms with Crippen molar-refractivity contribution in [2.45, 2.75) is 13.2 Å². The molecule has 3 rings (SSSR count). The number of benzene rings is 3. The number of ether oxygens (including phenoxy) is 3. The minimum Gasteiger partial charge on any atom is -0.506 e. The van der Waals surface area contributed by atoms with E-state index >= 15 is 0 Å². The number of aliphatic hydroxyl groups excluding tert-OH is 1. The third-order valence-corrected chi connectivity index (χ3v) is 5.01. The Kier molecular flexibility index (Phi) is 5.54. The Balaban J connectivity index is 2.19. The lowest BCUT2D eigenvalue weighted by atomic mass is 10.0. The summed E-state index contributed by atoms with van der Waals surface area (Å²) in [5.41, 5.74) is 1.54. The molecule has 0 radical (unpaired) electrons. The summed E-state index contributed by atoms with van der Waals surface area (Å²) in [4.78, 5) is 0. The Labute approximate surface area is 159 Å². The molecule has 0 amide bonds. The number of phenolic OH excluding ortho intramolecular Hbond substituents is 1. The minimum atomic E-state index is -0.231. The molecule has 136 valence electrons. The zero-order valence-electron chi connectivity index (χ0n) is 14.5. The van der Waals surface area contributed by atoms with Gasteiger partial charge in [0.15, 0.2) is 11.5 Å². The minimum absolute atomic E-state index is 0.0180. The molecular weight excluding hydrogens is 400 g/mol. The summed E-state index contributed by atoms with van der Waals surface area (Å²) in [7, 11) is 3.07. The fraction of sp³-hybridized carbons (Fsp3) is 0.200. The average Bonchev–Trinajstić information content (AvgIpc) is 2.68. The quantitative estimate of drug-likeness (QED) is 0.620. The highest BCUT2D eigenvalue weighted by molar-refractivity contribution is 9.10. The van der Waals surface area contributed by atoms with Gasteiger partial charge in [-0.3, -0.25) is 0 Å². The van der Waals surface area contributed by atoms with Crippen LogP contribution in [0.25, 0.3) is 10.8 Å². The van der Waals surface area contributed by atoms with Gasteiger partial charge in [-0.2, -0.15) is 0 Å². The van der Waals surface area contributed by atoms with Crippen molar-refractivity contribution in [3.8, 4) is 23.0 Å². The topological polar surface area (TPSA) is 68.2 Å². The van der Waals surface area contributed by atoms with Gasteiger partial charge >= 0.3 is 0 Å². The zero-order chi connectivity index (χ0) is 18.7. The average molecular weight is 419 g/mol. The van der Waals surface area contributed by atoms with Gasteiger partial charge in [-0.25, -0.2) is 0 Å². The molecule has 3 aromatic carbocycles. The zero-order valence-corrected chi connectivity index (χ0v) is 16.0. The molecule has 0 fully saturated rings. The van der Waals surface area contributed by atoms with Gasteiger partial charge in [0.1, 0.15) is 18.1 Å². The van der Waals surface area contributed by atoms with Crippen LogP contribution in [0.2, 0.25) is 0 Å². The first kappa shape index (κ1) is 18.4.